The molecule has 1 aromatic carbocycles. The molecule has 1 heterocycles. The van der Waals surface area contributed by atoms with Gasteiger partial charge in [0.05, 0.1) is 5.56 Å². The lowest BCUT2D eigenvalue weighted by atomic mass is 9.85. The summed E-state index contributed by atoms with van der Waals surface area (Å²) in [6.45, 7) is 5.64. The second-order valence-electron chi connectivity index (χ2n) is 7.74. The number of ether oxygens (including phenoxy) is 1. The molecule has 1 N–H and O–H groups in total. The van der Waals surface area contributed by atoms with E-state index in [-0.39, 0.29) is 5.91 Å². The summed E-state index contributed by atoms with van der Waals surface area (Å²) < 4.78 is 5.87. The Morgan fingerprint density at radius 2 is 2.11 bits per heavy atom. The van der Waals surface area contributed by atoms with Crippen LogP contribution in [0.1, 0.15) is 56.0 Å². The third-order valence-electron chi connectivity index (χ3n) is 5.14. The van der Waals surface area contributed by atoms with E-state index in [4.69, 9.17) is 16.3 Å². The molecular formula is C22H25ClN2O2S. The molecule has 3 rings (SSSR count). The zero-order valence-electron chi connectivity index (χ0n) is 16.5. The third-order valence-corrected chi connectivity index (χ3v) is 6.56. The summed E-state index contributed by atoms with van der Waals surface area (Å²) >= 11 is 7.44. The van der Waals surface area contributed by atoms with Crippen LogP contribution in [-0.2, 0) is 17.6 Å². The van der Waals surface area contributed by atoms with Crippen LogP contribution in [0.4, 0.5) is 5.00 Å². The van der Waals surface area contributed by atoms with E-state index in [1.54, 1.807) is 49.4 Å². The molecule has 28 heavy (non-hydrogen) atoms. The fraction of sp³-hybridized carbons (Fsp3) is 0.455. The van der Waals surface area contributed by atoms with Crippen LogP contribution in [0, 0.1) is 17.2 Å². The summed E-state index contributed by atoms with van der Waals surface area (Å²) in [5, 5.41) is 13.9. The molecule has 1 amide bonds. The quantitative estimate of drug-likeness (QED) is 0.630. The van der Waals surface area contributed by atoms with E-state index in [0.29, 0.717) is 27.3 Å². The maximum absolute atomic E-state index is 12.9. The number of thiophene rings is 1. The number of anilines is 1. The lowest BCUT2D eigenvalue weighted by Crippen LogP contribution is -2.42. The van der Waals surface area contributed by atoms with Gasteiger partial charge in [0, 0.05) is 9.90 Å². The van der Waals surface area contributed by atoms with Crippen LogP contribution in [0.25, 0.3) is 0 Å². The second kappa shape index (κ2) is 8.55. The van der Waals surface area contributed by atoms with Gasteiger partial charge in [-0.2, -0.15) is 5.26 Å². The van der Waals surface area contributed by atoms with Crippen molar-refractivity contribution in [3.63, 3.8) is 0 Å². The molecule has 0 radical (unpaired) electrons. The SMILES string of the molecule is CCC[C@H]1CCc2c(sc(NC(=O)C(C)(C)Oc3ccc(Cl)cc3)c2C#N)C1. The van der Waals surface area contributed by atoms with E-state index in [0.717, 1.165) is 24.8 Å². The average molecular weight is 417 g/mol. The first-order valence-corrected chi connectivity index (χ1v) is 10.8. The van der Waals surface area contributed by atoms with Crippen LogP contribution >= 0.6 is 22.9 Å². The van der Waals surface area contributed by atoms with Gasteiger partial charge in [-0.05, 0) is 68.9 Å². The molecule has 0 fully saturated rings. The topological polar surface area (TPSA) is 62.1 Å². The van der Waals surface area contributed by atoms with Gasteiger partial charge in [-0.1, -0.05) is 31.4 Å². The monoisotopic (exact) mass is 416 g/mol. The molecular weight excluding hydrogens is 392 g/mol. The molecule has 1 aliphatic rings. The van der Waals surface area contributed by atoms with Gasteiger partial charge in [-0.3, -0.25) is 4.79 Å². The van der Waals surface area contributed by atoms with Crippen molar-refractivity contribution in [3.8, 4) is 11.8 Å². The number of halogens is 1. The smallest absolute Gasteiger partial charge is 0.268 e. The van der Waals surface area contributed by atoms with Gasteiger partial charge in [0.2, 0.25) is 0 Å². The van der Waals surface area contributed by atoms with Gasteiger partial charge >= 0.3 is 0 Å². The Labute approximate surface area is 175 Å². The van der Waals surface area contributed by atoms with E-state index in [9.17, 15) is 10.1 Å². The van der Waals surface area contributed by atoms with E-state index >= 15 is 0 Å². The zero-order chi connectivity index (χ0) is 20.3. The van der Waals surface area contributed by atoms with Crippen LogP contribution in [0.3, 0.4) is 0 Å². The predicted molar refractivity (Wildman–Crippen MR) is 114 cm³/mol. The molecule has 0 spiro atoms. The van der Waals surface area contributed by atoms with Crippen LogP contribution in [0.2, 0.25) is 5.02 Å². The van der Waals surface area contributed by atoms with Crippen molar-refractivity contribution >= 4 is 33.8 Å². The van der Waals surface area contributed by atoms with Crippen molar-refractivity contribution in [3.05, 3.63) is 45.3 Å². The maximum Gasteiger partial charge on any atom is 0.268 e. The highest BCUT2D eigenvalue weighted by Gasteiger charge is 2.33. The van der Waals surface area contributed by atoms with E-state index < -0.39 is 5.60 Å². The van der Waals surface area contributed by atoms with Crippen molar-refractivity contribution in [1.82, 2.24) is 0 Å². The number of hydrogen-bond donors (Lipinski definition) is 1. The van der Waals surface area contributed by atoms with Gasteiger partial charge in [0.15, 0.2) is 5.60 Å². The van der Waals surface area contributed by atoms with Gasteiger partial charge in [-0.25, -0.2) is 0 Å². The number of benzene rings is 1. The highest BCUT2D eigenvalue weighted by molar-refractivity contribution is 7.16. The van der Waals surface area contributed by atoms with Crippen molar-refractivity contribution in [2.24, 2.45) is 5.92 Å². The molecule has 0 saturated heterocycles. The number of rotatable bonds is 6. The lowest BCUT2D eigenvalue weighted by molar-refractivity contribution is -0.128. The van der Waals surface area contributed by atoms with Crippen LogP contribution < -0.4 is 10.1 Å². The number of amides is 1. The van der Waals surface area contributed by atoms with E-state index in [2.05, 4.69) is 18.3 Å². The van der Waals surface area contributed by atoms with Crippen LogP contribution in [0.15, 0.2) is 24.3 Å². The Morgan fingerprint density at radius 1 is 1.39 bits per heavy atom. The predicted octanol–water partition coefficient (Wildman–Crippen LogP) is 5.97. The minimum absolute atomic E-state index is 0.275. The first kappa shape index (κ1) is 20.7. The Hall–Kier alpha value is -2.03. The Morgan fingerprint density at radius 3 is 2.75 bits per heavy atom. The Kier molecular flexibility index (Phi) is 6.32. The molecule has 0 bridgehead atoms. The first-order valence-electron chi connectivity index (χ1n) is 9.64. The Bertz CT molecular complexity index is 896. The molecule has 6 heteroatoms. The number of fused-ring (bicyclic) bond motifs is 1. The van der Waals surface area contributed by atoms with E-state index in [1.807, 2.05) is 0 Å². The minimum atomic E-state index is -1.09. The van der Waals surface area contributed by atoms with Crippen molar-refractivity contribution in [1.29, 1.82) is 5.26 Å². The van der Waals surface area contributed by atoms with Gasteiger partial charge in [0.25, 0.3) is 5.91 Å². The zero-order valence-corrected chi connectivity index (χ0v) is 18.0. The summed E-state index contributed by atoms with van der Waals surface area (Å²) in [5.41, 5.74) is 0.646. The Balaban J connectivity index is 1.76. The van der Waals surface area contributed by atoms with Crippen LogP contribution in [0.5, 0.6) is 5.75 Å². The number of nitrogens with zero attached hydrogens (tertiary/aromatic N) is 1. The number of nitriles is 1. The fourth-order valence-electron chi connectivity index (χ4n) is 3.61. The highest BCUT2D eigenvalue weighted by Crippen LogP contribution is 2.40. The van der Waals surface area contributed by atoms with Crippen molar-refractivity contribution in [2.75, 3.05) is 5.32 Å². The van der Waals surface area contributed by atoms with Crippen molar-refractivity contribution < 1.29 is 9.53 Å². The first-order chi connectivity index (χ1) is 13.3. The molecule has 0 unspecified atom stereocenters. The molecule has 1 aromatic heterocycles. The number of carbonyl (C=O) groups is 1. The van der Waals surface area contributed by atoms with Crippen LogP contribution in [-0.4, -0.2) is 11.5 Å². The number of carbonyl (C=O) groups excluding carboxylic acids is 1. The van der Waals surface area contributed by atoms with Crippen molar-refractivity contribution in [2.45, 2.75) is 58.5 Å². The number of hydrogen-bond acceptors (Lipinski definition) is 4. The molecule has 1 atom stereocenters. The lowest BCUT2D eigenvalue weighted by Gasteiger charge is -2.25. The minimum Gasteiger partial charge on any atom is -0.478 e. The molecule has 0 saturated carbocycles. The summed E-state index contributed by atoms with van der Waals surface area (Å²) in [4.78, 5) is 14.1. The summed E-state index contributed by atoms with van der Waals surface area (Å²) in [6.07, 6.45) is 5.42. The molecule has 148 valence electrons. The van der Waals surface area contributed by atoms with E-state index in [1.165, 1.54) is 17.7 Å². The molecule has 4 nitrogen and oxygen atoms in total. The fourth-order valence-corrected chi connectivity index (χ4v) is 5.05. The largest absolute Gasteiger partial charge is 0.478 e. The maximum atomic E-state index is 12.9. The molecule has 1 aliphatic carbocycles. The second-order valence-corrected chi connectivity index (χ2v) is 9.28. The summed E-state index contributed by atoms with van der Waals surface area (Å²) in [5.74, 6) is 0.969. The summed E-state index contributed by atoms with van der Waals surface area (Å²) in [7, 11) is 0. The molecule has 2 aromatic rings. The highest BCUT2D eigenvalue weighted by atomic mass is 35.5. The standard InChI is InChI=1S/C22H25ClN2O2S/c1-4-5-14-6-11-17-18(13-24)20(28-19(17)12-14)25-21(26)22(2,3)27-16-9-7-15(23)8-10-16/h7-10,14H,4-6,11-12H2,1-3H3,(H,25,26)/t14-/m0/s1. The number of nitrogens with one attached hydrogen (secondary N) is 1. The summed E-state index contributed by atoms with van der Waals surface area (Å²) in [6, 6.07) is 9.21. The van der Waals surface area contributed by atoms with Gasteiger partial charge in [0.1, 0.15) is 16.8 Å². The third kappa shape index (κ3) is 4.51. The van der Waals surface area contributed by atoms with Gasteiger partial charge in [-0.15, -0.1) is 11.3 Å². The van der Waals surface area contributed by atoms with Gasteiger partial charge < -0.3 is 10.1 Å². The molecule has 0 aliphatic heterocycles. The average Bonchev–Trinajstić information content (AvgIpc) is 3.00. The normalized spacial score (nSPS) is 16.2.